The number of hydrogen-bond donors (Lipinski definition) is 0. The lowest BCUT2D eigenvalue weighted by molar-refractivity contribution is 0.763. The molecule has 0 aromatic heterocycles. The Balaban J connectivity index is 2.72. The Morgan fingerprint density at radius 2 is 0.591 bits per heavy atom. The minimum atomic E-state index is -1.57. The molecule has 0 saturated carbocycles. The van der Waals surface area contributed by atoms with Crippen LogP contribution in [-0.2, 0) is 0 Å². The van der Waals surface area contributed by atoms with Crippen LogP contribution in [0.4, 0.5) is 0 Å². The minimum Gasteiger partial charge on any atom is -0.468 e. The fourth-order valence-electron chi connectivity index (χ4n) is 14.8. The van der Waals surface area contributed by atoms with E-state index >= 15 is 0 Å². The van der Waals surface area contributed by atoms with Gasteiger partial charge in [-0.05, 0) is 8.57 Å². The Morgan fingerprint density at radius 1 is 0.364 bits per heavy atom. The predicted molar refractivity (Wildman–Crippen MR) is 239 cm³/mol. The zero-order valence-corrected chi connectivity index (χ0v) is 46.8. The average molecular weight is 802 g/mol. The lowest BCUT2D eigenvalue weighted by atomic mass is 10.4. The molecule has 257 valence electrons. The molecule has 0 N–H and O–H groups in total. The fourth-order valence-corrected chi connectivity index (χ4v) is 234. The zero-order chi connectivity index (χ0) is 35.2. The smallest absolute Gasteiger partial charge is 0.0449 e. The topological polar surface area (TPSA) is 0 Å². The van der Waals surface area contributed by atoms with Crippen LogP contribution in [0.5, 0.6) is 0 Å². The van der Waals surface area contributed by atoms with Crippen molar-refractivity contribution in [3.05, 3.63) is 0 Å². The summed E-state index contributed by atoms with van der Waals surface area (Å²) < 4.78 is 3.41. The van der Waals surface area contributed by atoms with E-state index in [2.05, 4.69) is 157 Å². The summed E-state index contributed by atoms with van der Waals surface area (Å²) in [6.45, 7) is 70.3. The van der Waals surface area contributed by atoms with Gasteiger partial charge in [0.1, 0.15) is 0 Å². The molecule has 0 atom stereocenters. The zero-order valence-electron chi connectivity index (χ0n) is 34.8. The number of rotatable bonds is 9. The Morgan fingerprint density at radius 3 is 0.773 bits per heavy atom. The second kappa shape index (κ2) is 10.8. The van der Waals surface area contributed by atoms with Gasteiger partial charge in [-0.3, -0.25) is 6.93 Å². The first-order valence-corrected chi connectivity index (χ1v) is 56.4. The first-order valence-electron chi connectivity index (χ1n) is 18.4. The molecule has 0 nitrogen and oxygen atoms in total. The summed E-state index contributed by atoms with van der Waals surface area (Å²) in [6, 6.07) is 0. The van der Waals surface area contributed by atoms with Crippen LogP contribution >= 0.6 is 0 Å². The van der Waals surface area contributed by atoms with Gasteiger partial charge >= 0.3 is 0 Å². The van der Waals surface area contributed by atoms with Crippen molar-refractivity contribution in [2.45, 2.75) is 200 Å². The largest absolute Gasteiger partial charge is 0.468 e. The van der Waals surface area contributed by atoms with Crippen LogP contribution in [0.25, 0.3) is 0 Å². The summed E-state index contributed by atoms with van der Waals surface area (Å²) in [5.41, 5.74) is 0. The molecule has 0 aliphatic carbocycles. The summed E-state index contributed by atoms with van der Waals surface area (Å²) in [6.07, 6.45) is 6.78. The average Bonchev–Trinajstić information content (AvgIpc) is 3.10. The molecular formula is C32H80Si12-. The van der Waals surface area contributed by atoms with E-state index in [4.69, 9.17) is 0 Å². The van der Waals surface area contributed by atoms with E-state index in [1.54, 1.807) is 33.8 Å². The van der Waals surface area contributed by atoms with E-state index in [0.29, 0.717) is 0 Å². The molecule has 12 heteroatoms. The highest BCUT2D eigenvalue weighted by molar-refractivity contribution is 7.98. The summed E-state index contributed by atoms with van der Waals surface area (Å²) in [5.74, 6) is 0. The van der Waals surface area contributed by atoms with Crippen molar-refractivity contribution in [2.75, 3.05) is 0 Å². The molecule has 3 rings (SSSR count). The summed E-state index contributed by atoms with van der Waals surface area (Å²) in [5, 5.41) is 0. The fraction of sp³-hybridized carbons (Fsp3) is 1.00. The third kappa shape index (κ3) is 4.90. The lowest BCUT2D eigenvalue weighted by Crippen LogP contribution is -2.78. The van der Waals surface area contributed by atoms with Gasteiger partial charge in [0.15, 0.2) is 0 Å². The molecule has 0 aromatic carbocycles. The van der Waals surface area contributed by atoms with Crippen LogP contribution in [0, 0.1) is 0 Å². The quantitative estimate of drug-likeness (QED) is 0.204. The standard InChI is InChI=1S/C32H80Si12/c1-36(2,3)29(37(4,5)6)25-26-30(38(7,8)9,39(10,11)12)34(29)35-33-44(35)31(40(13,14)15,41(16,17)18)27-28-32(44,42(19,20)21)43(22,23)24/h25-28H2,1-24H3/q-1. The van der Waals surface area contributed by atoms with E-state index in [0.717, 1.165) is 17.1 Å². The molecule has 0 amide bonds. The maximum atomic E-state index is 2.95. The van der Waals surface area contributed by atoms with Crippen molar-refractivity contribution >= 4 is 95.1 Å². The molecule has 0 bridgehead atoms. The Hall–Kier alpha value is 2.60. The second-order valence-electron chi connectivity index (χ2n) is 24.2. The van der Waals surface area contributed by atoms with Crippen LogP contribution < -0.4 is 0 Å². The molecule has 0 aromatic rings. The van der Waals surface area contributed by atoms with Gasteiger partial charge in [-0.25, -0.2) is 0 Å². The SMILES string of the molecule is C[Si](C)(C)C1([Si](C)(C)C)CCC([Si](C)(C)C)([Si](C)(C)C)[Si]1[Si]1=[Si-][Si]12C([Si](C)(C)C)([Si](C)(C)C)CCC2([Si](C)(C)C)[Si](C)(C)C. The first kappa shape index (κ1) is 41.0. The van der Waals surface area contributed by atoms with Crippen LogP contribution in [0.3, 0.4) is 0 Å². The molecule has 44 heavy (non-hydrogen) atoms. The number of hydrogen-bond acceptors (Lipinski definition) is 0. The highest BCUT2D eigenvalue weighted by Crippen LogP contribution is 2.80. The molecule has 2 fully saturated rings. The Kier molecular flexibility index (Phi) is 10.1. The van der Waals surface area contributed by atoms with Crippen molar-refractivity contribution in [3.63, 3.8) is 0 Å². The van der Waals surface area contributed by atoms with Gasteiger partial charge in [0.2, 0.25) is 0 Å². The summed E-state index contributed by atoms with van der Waals surface area (Å²) in [7, 11) is -12.0. The van der Waals surface area contributed by atoms with Gasteiger partial charge in [0, 0.05) is 72.9 Å². The van der Waals surface area contributed by atoms with E-state index in [9.17, 15) is 0 Å². The molecule has 1 spiro atoms. The lowest BCUT2D eigenvalue weighted by Gasteiger charge is -2.71. The van der Waals surface area contributed by atoms with Crippen molar-refractivity contribution < 1.29 is 0 Å². The molecule has 2 saturated heterocycles. The van der Waals surface area contributed by atoms with Crippen molar-refractivity contribution in [1.82, 2.24) is 0 Å². The third-order valence-corrected chi connectivity index (χ3v) is 132. The third-order valence-electron chi connectivity index (χ3n) is 15.0. The van der Waals surface area contributed by atoms with Gasteiger partial charge in [0.25, 0.3) is 0 Å². The molecular weight excluding hydrogens is 721 g/mol. The minimum absolute atomic E-state index is 0.335. The van der Waals surface area contributed by atoms with Crippen molar-refractivity contribution in [1.29, 1.82) is 0 Å². The van der Waals surface area contributed by atoms with Gasteiger partial charge < -0.3 is 8.13 Å². The van der Waals surface area contributed by atoms with E-state index in [1.807, 2.05) is 0 Å². The Bertz CT molecular complexity index is 1030. The van der Waals surface area contributed by atoms with E-state index in [-0.39, 0.29) is 6.93 Å². The van der Waals surface area contributed by atoms with Crippen LogP contribution in [-0.4, -0.2) is 95.1 Å². The maximum absolute atomic E-state index is 2.95. The molecule has 3 aliphatic heterocycles. The summed E-state index contributed by atoms with van der Waals surface area (Å²) in [4.78, 5) is 0. The highest BCUT2D eigenvalue weighted by atomic mass is 30.1. The van der Waals surface area contributed by atoms with Gasteiger partial charge in [0.05, 0.1) is 0 Å². The van der Waals surface area contributed by atoms with Crippen LogP contribution in [0.1, 0.15) is 25.7 Å². The van der Waals surface area contributed by atoms with Crippen molar-refractivity contribution in [3.8, 4) is 0 Å². The monoisotopic (exact) mass is 800 g/mol. The molecule has 3 aliphatic rings. The highest BCUT2D eigenvalue weighted by Gasteiger charge is 2.80. The van der Waals surface area contributed by atoms with E-state index < -0.39 is 80.0 Å². The van der Waals surface area contributed by atoms with E-state index in [1.165, 1.54) is 0 Å². The Labute approximate surface area is 292 Å². The molecule has 1 radical (unpaired) electrons. The second-order valence-corrected chi connectivity index (χ2v) is 99.2. The first-order chi connectivity index (χ1) is 18.9. The normalized spacial score (nSPS) is 25.9. The van der Waals surface area contributed by atoms with Gasteiger partial charge in [-0.1, -0.05) is 191 Å². The molecule has 0 unspecified atom stereocenters. The maximum Gasteiger partial charge on any atom is 0.0449 e. The van der Waals surface area contributed by atoms with Crippen LogP contribution in [0.2, 0.25) is 174 Å². The predicted octanol–water partition coefficient (Wildman–Crippen LogP) is 11.9. The molecule has 3 heterocycles. The van der Waals surface area contributed by atoms with Gasteiger partial charge in [-0.2, -0.15) is 0 Å². The van der Waals surface area contributed by atoms with Crippen molar-refractivity contribution in [2.24, 2.45) is 0 Å². The van der Waals surface area contributed by atoms with Crippen LogP contribution in [0.15, 0.2) is 0 Å². The summed E-state index contributed by atoms with van der Waals surface area (Å²) >= 11 is 0. The van der Waals surface area contributed by atoms with Gasteiger partial charge in [-0.15, -0.1) is 7.11 Å².